The zero-order valence-electron chi connectivity index (χ0n) is 12.5. The van der Waals surface area contributed by atoms with Crippen molar-refractivity contribution in [3.63, 3.8) is 0 Å². The van der Waals surface area contributed by atoms with Gasteiger partial charge in [-0.05, 0) is 30.2 Å². The van der Waals surface area contributed by atoms with Gasteiger partial charge in [0, 0.05) is 11.6 Å². The lowest BCUT2D eigenvalue weighted by molar-refractivity contribution is -0.128. The van der Waals surface area contributed by atoms with Crippen molar-refractivity contribution in [1.82, 2.24) is 5.32 Å². The molecule has 0 saturated heterocycles. The van der Waals surface area contributed by atoms with Gasteiger partial charge in [0.05, 0.1) is 13.2 Å². The molecule has 0 radical (unpaired) electrons. The highest BCUT2D eigenvalue weighted by atomic mass is 16.3. The maximum absolute atomic E-state index is 12.0. The predicted molar refractivity (Wildman–Crippen MR) is 79.4 cm³/mol. The second-order valence-corrected chi connectivity index (χ2v) is 5.23. The average molecular weight is 294 g/mol. The molecule has 6 nitrogen and oxygen atoms in total. The number of anilines is 1. The summed E-state index contributed by atoms with van der Waals surface area (Å²) in [5, 5.41) is 23.6. The van der Waals surface area contributed by atoms with E-state index in [0.717, 1.165) is 0 Å². The molecule has 21 heavy (non-hydrogen) atoms. The minimum atomic E-state index is -0.671. The van der Waals surface area contributed by atoms with Crippen LogP contribution in [0, 0.1) is 5.92 Å². The third-order valence-electron chi connectivity index (χ3n) is 2.96. The normalized spacial score (nSPS) is 12.1. The molecule has 0 aliphatic heterocycles. The van der Waals surface area contributed by atoms with Crippen molar-refractivity contribution in [2.75, 3.05) is 5.32 Å². The van der Waals surface area contributed by atoms with E-state index in [1.807, 2.05) is 0 Å². The molecular formula is C15H22N2O4. The van der Waals surface area contributed by atoms with Gasteiger partial charge in [-0.3, -0.25) is 9.59 Å². The molecule has 1 aromatic carbocycles. The molecule has 4 N–H and O–H groups in total. The van der Waals surface area contributed by atoms with E-state index in [2.05, 4.69) is 10.6 Å². The SMILES string of the molecule is CC(C)C(=O)N[C@@H](C)C(=O)Nc1cc(CO)cc(CO)c1. The Bertz CT molecular complexity index is 492. The predicted octanol–water partition coefficient (Wildman–Crippen LogP) is 0.770. The third-order valence-corrected chi connectivity index (χ3v) is 2.96. The topological polar surface area (TPSA) is 98.7 Å². The van der Waals surface area contributed by atoms with E-state index in [4.69, 9.17) is 10.2 Å². The number of rotatable bonds is 6. The lowest BCUT2D eigenvalue weighted by Gasteiger charge is -2.16. The van der Waals surface area contributed by atoms with E-state index < -0.39 is 6.04 Å². The molecule has 0 aliphatic rings. The first-order chi connectivity index (χ1) is 9.87. The van der Waals surface area contributed by atoms with Crippen molar-refractivity contribution in [1.29, 1.82) is 0 Å². The van der Waals surface area contributed by atoms with Crippen LogP contribution in [0.3, 0.4) is 0 Å². The van der Waals surface area contributed by atoms with Crippen LogP contribution in [0.25, 0.3) is 0 Å². The summed E-state index contributed by atoms with van der Waals surface area (Å²) >= 11 is 0. The van der Waals surface area contributed by atoms with Crippen LogP contribution in [-0.2, 0) is 22.8 Å². The highest BCUT2D eigenvalue weighted by Crippen LogP contribution is 2.15. The van der Waals surface area contributed by atoms with Crippen molar-refractivity contribution < 1.29 is 19.8 Å². The van der Waals surface area contributed by atoms with Crippen LogP contribution in [0.15, 0.2) is 18.2 Å². The number of aliphatic hydroxyl groups excluding tert-OH is 2. The number of nitrogens with one attached hydrogen (secondary N) is 2. The molecule has 1 atom stereocenters. The number of carbonyl (C=O) groups excluding carboxylic acids is 2. The van der Waals surface area contributed by atoms with Gasteiger partial charge in [-0.25, -0.2) is 0 Å². The summed E-state index contributed by atoms with van der Waals surface area (Å²) < 4.78 is 0. The standard InChI is InChI=1S/C15H22N2O4/c1-9(2)14(20)16-10(3)15(21)17-13-5-11(7-18)4-12(6-13)8-19/h4-6,9-10,18-19H,7-8H2,1-3H3,(H,16,20)(H,17,21)/t10-/m0/s1. The van der Waals surface area contributed by atoms with E-state index in [1.165, 1.54) is 0 Å². The van der Waals surface area contributed by atoms with E-state index in [0.29, 0.717) is 16.8 Å². The quantitative estimate of drug-likeness (QED) is 0.623. The number of hydrogen-bond donors (Lipinski definition) is 4. The number of benzene rings is 1. The van der Waals surface area contributed by atoms with Gasteiger partial charge >= 0.3 is 0 Å². The van der Waals surface area contributed by atoms with Gasteiger partial charge in [-0.15, -0.1) is 0 Å². The summed E-state index contributed by atoms with van der Waals surface area (Å²) in [4.78, 5) is 23.6. The summed E-state index contributed by atoms with van der Waals surface area (Å²) in [5.74, 6) is -0.750. The van der Waals surface area contributed by atoms with E-state index in [-0.39, 0.29) is 30.9 Å². The Balaban J connectivity index is 2.76. The second-order valence-electron chi connectivity index (χ2n) is 5.23. The first-order valence-electron chi connectivity index (χ1n) is 6.83. The van der Waals surface area contributed by atoms with E-state index >= 15 is 0 Å². The lowest BCUT2D eigenvalue weighted by Crippen LogP contribution is -2.43. The number of amides is 2. The fraction of sp³-hybridized carbons (Fsp3) is 0.467. The molecule has 2 amide bonds. The zero-order chi connectivity index (χ0) is 16.0. The molecule has 0 bridgehead atoms. The Labute approximate surface area is 124 Å². The van der Waals surface area contributed by atoms with E-state index in [1.54, 1.807) is 39.0 Å². The molecule has 116 valence electrons. The highest BCUT2D eigenvalue weighted by molar-refractivity contribution is 5.97. The molecule has 0 fully saturated rings. The number of hydrogen-bond acceptors (Lipinski definition) is 4. The molecule has 0 unspecified atom stereocenters. The summed E-state index contributed by atoms with van der Waals surface area (Å²) in [6.07, 6.45) is 0. The maximum atomic E-state index is 12.0. The molecule has 0 heterocycles. The van der Waals surface area contributed by atoms with Crippen LogP contribution >= 0.6 is 0 Å². The summed E-state index contributed by atoms with van der Waals surface area (Å²) in [6.45, 7) is 4.72. The fourth-order valence-electron chi connectivity index (χ4n) is 1.71. The molecule has 0 saturated carbocycles. The van der Waals surface area contributed by atoms with Crippen LogP contribution in [0.1, 0.15) is 31.9 Å². The molecule has 1 aromatic rings. The monoisotopic (exact) mass is 294 g/mol. The van der Waals surface area contributed by atoms with E-state index in [9.17, 15) is 9.59 Å². The van der Waals surface area contributed by atoms with Crippen LogP contribution in [0.4, 0.5) is 5.69 Å². The molecule has 0 aliphatic carbocycles. The van der Waals surface area contributed by atoms with Crippen molar-refractivity contribution in [2.24, 2.45) is 5.92 Å². The van der Waals surface area contributed by atoms with Crippen molar-refractivity contribution in [3.8, 4) is 0 Å². The Hall–Kier alpha value is -1.92. The van der Waals surface area contributed by atoms with Crippen LogP contribution in [0.2, 0.25) is 0 Å². The maximum Gasteiger partial charge on any atom is 0.246 e. The van der Waals surface area contributed by atoms with Gasteiger partial charge in [0.15, 0.2) is 0 Å². The van der Waals surface area contributed by atoms with Gasteiger partial charge in [0.25, 0.3) is 0 Å². The third kappa shape index (κ3) is 5.17. The molecular weight excluding hydrogens is 272 g/mol. The van der Waals surface area contributed by atoms with Gasteiger partial charge < -0.3 is 20.8 Å². The molecule has 1 rings (SSSR count). The second kappa shape index (κ2) is 7.75. The number of aliphatic hydroxyl groups is 2. The largest absolute Gasteiger partial charge is 0.392 e. The minimum Gasteiger partial charge on any atom is -0.392 e. The fourth-order valence-corrected chi connectivity index (χ4v) is 1.71. The van der Waals surface area contributed by atoms with Gasteiger partial charge in [0.2, 0.25) is 11.8 Å². The van der Waals surface area contributed by atoms with Gasteiger partial charge in [-0.2, -0.15) is 0 Å². The van der Waals surface area contributed by atoms with Crippen LogP contribution in [-0.4, -0.2) is 28.1 Å². The summed E-state index contributed by atoms with van der Waals surface area (Å²) in [6, 6.07) is 4.22. The van der Waals surface area contributed by atoms with Gasteiger partial charge in [0.1, 0.15) is 6.04 Å². The molecule has 6 heteroatoms. The van der Waals surface area contributed by atoms with Crippen molar-refractivity contribution >= 4 is 17.5 Å². The minimum absolute atomic E-state index is 0.184. The Morgan fingerprint density at radius 1 is 1.00 bits per heavy atom. The average Bonchev–Trinajstić information content (AvgIpc) is 2.46. The summed E-state index contributed by atoms with van der Waals surface area (Å²) in [7, 11) is 0. The first kappa shape index (κ1) is 17.1. The van der Waals surface area contributed by atoms with Gasteiger partial charge in [-0.1, -0.05) is 19.9 Å². The molecule has 0 spiro atoms. The summed E-state index contributed by atoms with van der Waals surface area (Å²) in [5.41, 5.74) is 1.66. The zero-order valence-corrected chi connectivity index (χ0v) is 12.5. The smallest absolute Gasteiger partial charge is 0.246 e. The van der Waals surface area contributed by atoms with Crippen molar-refractivity contribution in [3.05, 3.63) is 29.3 Å². The lowest BCUT2D eigenvalue weighted by atomic mass is 10.1. The molecule has 0 aromatic heterocycles. The number of carbonyl (C=O) groups is 2. The highest BCUT2D eigenvalue weighted by Gasteiger charge is 2.17. The van der Waals surface area contributed by atoms with Crippen LogP contribution < -0.4 is 10.6 Å². The Morgan fingerprint density at radius 3 is 1.95 bits per heavy atom. The first-order valence-corrected chi connectivity index (χ1v) is 6.83. The Kier molecular flexibility index (Phi) is 6.33. The van der Waals surface area contributed by atoms with Crippen LogP contribution in [0.5, 0.6) is 0 Å². The Morgan fingerprint density at radius 2 is 1.52 bits per heavy atom. The van der Waals surface area contributed by atoms with Crippen molar-refractivity contribution in [2.45, 2.75) is 40.0 Å².